The van der Waals surface area contributed by atoms with Crippen molar-refractivity contribution in [3.8, 4) is 0 Å². The lowest BCUT2D eigenvalue weighted by atomic mass is 10.2. The number of halogens is 1. The molecule has 1 aromatic carbocycles. The maximum Gasteiger partial charge on any atom is 0.234 e. The van der Waals surface area contributed by atoms with Crippen molar-refractivity contribution in [3.63, 3.8) is 0 Å². The maximum atomic E-state index is 11.8. The summed E-state index contributed by atoms with van der Waals surface area (Å²) in [6.45, 7) is 1.98. The molecule has 19 heavy (non-hydrogen) atoms. The van der Waals surface area contributed by atoms with Gasteiger partial charge in [0.05, 0.1) is 5.75 Å². The standard InChI is InChI=1S/C13H12BrN3OS/c1-9-7-10(3-4-11(9)14)17-12(18)8-19-13-15-5-2-6-16-13/h2-7H,8H2,1H3,(H,17,18). The summed E-state index contributed by atoms with van der Waals surface area (Å²) in [6, 6.07) is 7.44. The van der Waals surface area contributed by atoms with Gasteiger partial charge in [0.2, 0.25) is 5.91 Å². The molecular weight excluding hydrogens is 326 g/mol. The van der Waals surface area contributed by atoms with Crippen molar-refractivity contribution < 1.29 is 4.79 Å². The minimum Gasteiger partial charge on any atom is -0.325 e. The van der Waals surface area contributed by atoms with Gasteiger partial charge >= 0.3 is 0 Å². The van der Waals surface area contributed by atoms with Crippen molar-refractivity contribution in [3.05, 3.63) is 46.7 Å². The first kappa shape index (κ1) is 14.0. The molecule has 1 heterocycles. The summed E-state index contributed by atoms with van der Waals surface area (Å²) in [5.74, 6) is 0.221. The second-order valence-electron chi connectivity index (χ2n) is 3.83. The van der Waals surface area contributed by atoms with E-state index in [1.165, 1.54) is 11.8 Å². The molecule has 0 atom stereocenters. The first-order valence-electron chi connectivity index (χ1n) is 5.61. The highest BCUT2D eigenvalue weighted by molar-refractivity contribution is 9.10. The van der Waals surface area contributed by atoms with Gasteiger partial charge in [-0.3, -0.25) is 4.79 Å². The third-order valence-corrected chi connectivity index (χ3v) is 4.08. The molecule has 0 bridgehead atoms. The fourth-order valence-electron chi connectivity index (χ4n) is 1.41. The highest BCUT2D eigenvalue weighted by Gasteiger charge is 2.05. The predicted octanol–water partition coefficient (Wildman–Crippen LogP) is 3.28. The third-order valence-electron chi connectivity index (χ3n) is 2.32. The SMILES string of the molecule is Cc1cc(NC(=O)CSc2ncccn2)ccc1Br. The van der Waals surface area contributed by atoms with Crippen LogP contribution in [0, 0.1) is 6.92 Å². The summed E-state index contributed by atoms with van der Waals surface area (Å²) >= 11 is 4.74. The van der Waals surface area contributed by atoms with E-state index in [2.05, 4.69) is 31.2 Å². The van der Waals surface area contributed by atoms with Gasteiger partial charge in [0, 0.05) is 22.6 Å². The first-order valence-corrected chi connectivity index (χ1v) is 7.39. The van der Waals surface area contributed by atoms with Gasteiger partial charge in [0.25, 0.3) is 0 Å². The summed E-state index contributed by atoms with van der Waals surface area (Å²) in [4.78, 5) is 19.9. The zero-order valence-corrected chi connectivity index (χ0v) is 12.7. The number of nitrogens with zero attached hydrogens (tertiary/aromatic N) is 2. The molecule has 2 rings (SSSR count). The van der Waals surface area contributed by atoms with Crippen molar-refractivity contribution in [1.82, 2.24) is 9.97 Å². The normalized spacial score (nSPS) is 10.2. The molecule has 2 aromatic rings. The molecule has 4 nitrogen and oxygen atoms in total. The van der Waals surface area contributed by atoms with Crippen LogP contribution in [0.4, 0.5) is 5.69 Å². The Bertz CT molecular complexity index is 577. The van der Waals surface area contributed by atoms with Crippen LogP contribution in [-0.2, 0) is 4.79 Å². The summed E-state index contributed by atoms with van der Waals surface area (Å²) in [5, 5.41) is 3.45. The van der Waals surface area contributed by atoms with Crippen molar-refractivity contribution in [2.24, 2.45) is 0 Å². The van der Waals surface area contributed by atoms with Gasteiger partial charge < -0.3 is 5.32 Å². The highest BCUT2D eigenvalue weighted by atomic mass is 79.9. The van der Waals surface area contributed by atoms with Crippen LogP contribution in [0.25, 0.3) is 0 Å². The number of carbonyl (C=O) groups is 1. The van der Waals surface area contributed by atoms with E-state index in [-0.39, 0.29) is 5.91 Å². The van der Waals surface area contributed by atoms with Crippen molar-refractivity contribution in [2.45, 2.75) is 12.1 Å². The van der Waals surface area contributed by atoms with Crippen LogP contribution in [0.1, 0.15) is 5.56 Å². The Hall–Kier alpha value is -1.40. The van der Waals surface area contributed by atoms with Crippen LogP contribution in [0.2, 0.25) is 0 Å². The average molecular weight is 338 g/mol. The number of benzene rings is 1. The summed E-state index contributed by atoms with van der Waals surface area (Å²) in [5.41, 5.74) is 1.87. The van der Waals surface area contributed by atoms with E-state index in [0.29, 0.717) is 10.9 Å². The number of amides is 1. The molecule has 0 aliphatic rings. The zero-order chi connectivity index (χ0) is 13.7. The topological polar surface area (TPSA) is 54.9 Å². The van der Waals surface area contributed by atoms with Crippen LogP contribution < -0.4 is 5.32 Å². The second kappa shape index (κ2) is 6.68. The highest BCUT2D eigenvalue weighted by Crippen LogP contribution is 2.20. The van der Waals surface area contributed by atoms with E-state index in [4.69, 9.17) is 0 Å². The Kier molecular flexibility index (Phi) is 4.93. The summed E-state index contributed by atoms with van der Waals surface area (Å²) < 4.78 is 1.03. The number of hydrogen-bond acceptors (Lipinski definition) is 4. The van der Waals surface area contributed by atoms with E-state index in [0.717, 1.165) is 15.7 Å². The van der Waals surface area contributed by atoms with Crippen LogP contribution in [0.3, 0.4) is 0 Å². The Morgan fingerprint density at radius 3 is 2.79 bits per heavy atom. The second-order valence-corrected chi connectivity index (χ2v) is 5.63. The Balaban J connectivity index is 1.89. The summed E-state index contributed by atoms with van der Waals surface area (Å²) in [7, 11) is 0. The first-order chi connectivity index (χ1) is 9.15. The predicted molar refractivity (Wildman–Crippen MR) is 80.3 cm³/mol. The molecule has 98 valence electrons. The van der Waals surface area contributed by atoms with Gasteiger partial charge in [0.15, 0.2) is 5.16 Å². The molecule has 0 aliphatic carbocycles. The van der Waals surface area contributed by atoms with E-state index in [1.54, 1.807) is 18.5 Å². The molecule has 0 saturated carbocycles. The number of aryl methyl sites for hydroxylation is 1. The van der Waals surface area contributed by atoms with E-state index in [1.807, 2.05) is 25.1 Å². The lowest BCUT2D eigenvalue weighted by molar-refractivity contribution is -0.113. The lowest BCUT2D eigenvalue weighted by Crippen LogP contribution is -2.14. The molecule has 0 saturated heterocycles. The Morgan fingerprint density at radius 1 is 1.37 bits per heavy atom. The van der Waals surface area contributed by atoms with Crippen LogP contribution >= 0.6 is 27.7 Å². The van der Waals surface area contributed by atoms with E-state index < -0.39 is 0 Å². The van der Waals surface area contributed by atoms with Gasteiger partial charge in [-0.1, -0.05) is 27.7 Å². The quantitative estimate of drug-likeness (QED) is 0.687. The molecule has 0 aliphatic heterocycles. The minimum absolute atomic E-state index is 0.0702. The molecule has 0 spiro atoms. The van der Waals surface area contributed by atoms with Gasteiger partial charge in [0.1, 0.15) is 0 Å². The molecular formula is C13H12BrN3OS. The van der Waals surface area contributed by atoms with Gasteiger partial charge in [-0.15, -0.1) is 0 Å². The number of hydrogen-bond donors (Lipinski definition) is 1. The Morgan fingerprint density at radius 2 is 2.11 bits per heavy atom. The van der Waals surface area contributed by atoms with Gasteiger partial charge in [-0.25, -0.2) is 9.97 Å². The molecule has 1 N–H and O–H groups in total. The minimum atomic E-state index is -0.0702. The molecule has 0 fully saturated rings. The van der Waals surface area contributed by atoms with Crippen LogP contribution in [0.15, 0.2) is 46.3 Å². The van der Waals surface area contributed by atoms with Gasteiger partial charge in [-0.2, -0.15) is 0 Å². The van der Waals surface area contributed by atoms with Gasteiger partial charge in [-0.05, 0) is 36.8 Å². The number of rotatable bonds is 4. The Labute approximate surface area is 124 Å². The number of aromatic nitrogens is 2. The van der Waals surface area contributed by atoms with Crippen LogP contribution in [0.5, 0.6) is 0 Å². The van der Waals surface area contributed by atoms with E-state index >= 15 is 0 Å². The number of carbonyl (C=O) groups excluding carboxylic acids is 1. The zero-order valence-electron chi connectivity index (χ0n) is 10.3. The largest absolute Gasteiger partial charge is 0.325 e. The molecule has 0 unspecified atom stereocenters. The number of anilines is 1. The molecule has 0 radical (unpaired) electrons. The van der Waals surface area contributed by atoms with Crippen molar-refractivity contribution in [2.75, 3.05) is 11.1 Å². The van der Waals surface area contributed by atoms with Crippen molar-refractivity contribution in [1.29, 1.82) is 0 Å². The smallest absolute Gasteiger partial charge is 0.234 e. The summed E-state index contributed by atoms with van der Waals surface area (Å²) in [6.07, 6.45) is 3.32. The van der Waals surface area contributed by atoms with Crippen LogP contribution in [-0.4, -0.2) is 21.6 Å². The van der Waals surface area contributed by atoms with Crippen molar-refractivity contribution >= 4 is 39.3 Å². The fourth-order valence-corrected chi connectivity index (χ4v) is 2.26. The average Bonchev–Trinajstić information content (AvgIpc) is 2.42. The number of nitrogens with one attached hydrogen (secondary N) is 1. The number of thioether (sulfide) groups is 1. The molecule has 1 amide bonds. The van der Waals surface area contributed by atoms with E-state index in [9.17, 15) is 4.79 Å². The molecule has 6 heteroatoms. The monoisotopic (exact) mass is 337 g/mol. The lowest BCUT2D eigenvalue weighted by Gasteiger charge is -2.06. The maximum absolute atomic E-state index is 11.8. The molecule has 1 aromatic heterocycles. The third kappa shape index (κ3) is 4.33. The fraction of sp³-hybridized carbons (Fsp3) is 0.154.